The first-order valence-corrected chi connectivity index (χ1v) is 6.97. The Morgan fingerprint density at radius 3 is 2.86 bits per heavy atom. The second kappa shape index (κ2) is 5.89. The van der Waals surface area contributed by atoms with Crippen LogP contribution in [-0.2, 0) is 17.8 Å². The summed E-state index contributed by atoms with van der Waals surface area (Å²) in [4.78, 5) is 12.2. The van der Waals surface area contributed by atoms with Crippen molar-refractivity contribution in [2.45, 2.75) is 13.2 Å². The van der Waals surface area contributed by atoms with Gasteiger partial charge < -0.3 is 15.0 Å². The van der Waals surface area contributed by atoms with E-state index in [1.54, 1.807) is 12.1 Å². The number of halogens is 1. The Balaban J connectivity index is 1.77. The fourth-order valence-electron chi connectivity index (χ4n) is 2.29. The van der Waals surface area contributed by atoms with E-state index >= 15 is 0 Å². The van der Waals surface area contributed by atoms with Crippen LogP contribution in [0, 0.1) is 0 Å². The second-order valence-corrected chi connectivity index (χ2v) is 5.27. The molecule has 0 aromatic heterocycles. The van der Waals surface area contributed by atoms with Gasteiger partial charge in [-0.2, -0.15) is 0 Å². The molecule has 0 spiro atoms. The van der Waals surface area contributed by atoms with Gasteiger partial charge in [-0.05, 0) is 28.7 Å². The maximum absolute atomic E-state index is 12.2. The summed E-state index contributed by atoms with van der Waals surface area (Å²) in [5.41, 5.74) is 2.76. The van der Waals surface area contributed by atoms with Crippen LogP contribution < -0.4 is 10.8 Å². The van der Waals surface area contributed by atoms with E-state index in [9.17, 15) is 9.82 Å². The van der Waals surface area contributed by atoms with Crippen LogP contribution in [0.3, 0.4) is 0 Å². The van der Waals surface area contributed by atoms with E-state index in [1.807, 2.05) is 30.3 Å². The van der Waals surface area contributed by atoms with Gasteiger partial charge in [0, 0.05) is 6.54 Å². The lowest BCUT2D eigenvalue weighted by atomic mass is 9.78. The van der Waals surface area contributed by atoms with Crippen molar-refractivity contribution >= 4 is 30.1 Å². The Labute approximate surface area is 127 Å². The fraction of sp³-hybridized carbons (Fsp3) is 0.133. The molecule has 21 heavy (non-hydrogen) atoms. The largest absolute Gasteiger partial charge is 0.491 e. The van der Waals surface area contributed by atoms with Gasteiger partial charge in [-0.3, -0.25) is 4.79 Å². The predicted molar refractivity (Wildman–Crippen MR) is 81.5 cm³/mol. The molecule has 4 nitrogen and oxygen atoms in total. The van der Waals surface area contributed by atoms with Crippen LogP contribution >= 0.6 is 11.6 Å². The summed E-state index contributed by atoms with van der Waals surface area (Å²) in [5, 5.41) is 12.9. The summed E-state index contributed by atoms with van der Waals surface area (Å²) in [6.07, 6.45) is 0. The highest BCUT2D eigenvalue weighted by atomic mass is 35.5. The monoisotopic (exact) mass is 301 g/mol. The van der Waals surface area contributed by atoms with E-state index in [2.05, 4.69) is 5.32 Å². The molecule has 0 radical (unpaired) electrons. The molecule has 0 saturated carbocycles. The number of nitrogens with one attached hydrogen (secondary N) is 1. The highest BCUT2D eigenvalue weighted by molar-refractivity contribution is 6.61. The maximum atomic E-state index is 12.2. The van der Waals surface area contributed by atoms with Gasteiger partial charge >= 0.3 is 7.12 Å². The van der Waals surface area contributed by atoms with Gasteiger partial charge in [-0.25, -0.2) is 0 Å². The molecule has 0 atom stereocenters. The molecule has 0 unspecified atom stereocenters. The van der Waals surface area contributed by atoms with Crippen LogP contribution in [0.4, 0.5) is 0 Å². The maximum Gasteiger partial charge on any atom is 0.491 e. The number of hydrogen-bond acceptors (Lipinski definition) is 3. The molecule has 2 aromatic carbocycles. The molecule has 106 valence electrons. The molecule has 1 amide bonds. The van der Waals surface area contributed by atoms with Crippen LogP contribution in [0.25, 0.3) is 0 Å². The number of amides is 1. The van der Waals surface area contributed by atoms with Crippen molar-refractivity contribution in [1.29, 1.82) is 0 Å². The molecule has 3 rings (SSSR count). The SMILES string of the molecule is O=C(NCc1ccccc1)c1cc2c(cc1Cl)COB2O. The number of carbonyl (C=O) groups excluding carboxylic acids is 1. The van der Waals surface area contributed by atoms with Crippen molar-refractivity contribution < 1.29 is 14.5 Å². The van der Waals surface area contributed by atoms with Crippen molar-refractivity contribution in [3.8, 4) is 0 Å². The molecule has 2 aromatic rings. The lowest BCUT2D eigenvalue weighted by molar-refractivity contribution is 0.0951. The molecule has 2 N–H and O–H groups in total. The first-order valence-electron chi connectivity index (χ1n) is 6.59. The minimum absolute atomic E-state index is 0.272. The minimum Gasteiger partial charge on any atom is -0.423 e. The van der Waals surface area contributed by atoms with Gasteiger partial charge in [0.1, 0.15) is 0 Å². The van der Waals surface area contributed by atoms with Gasteiger partial charge in [-0.1, -0.05) is 41.9 Å². The Kier molecular flexibility index (Phi) is 3.97. The van der Waals surface area contributed by atoms with Gasteiger partial charge in [0.25, 0.3) is 5.91 Å². The quantitative estimate of drug-likeness (QED) is 0.845. The van der Waals surface area contributed by atoms with Crippen LogP contribution in [0.1, 0.15) is 21.5 Å². The molecule has 1 aliphatic heterocycles. The summed E-state index contributed by atoms with van der Waals surface area (Å²) < 4.78 is 5.11. The van der Waals surface area contributed by atoms with Gasteiger partial charge in [0.15, 0.2) is 0 Å². The number of rotatable bonds is 3. The molecule has 0 bridgehead atoms. The van der Waals surface area contributed by atoms with Crippen LogP contribution in [0.5, 0.6) is 0 Å². The molecular weight excluding hydrogens is 288 g/mol. The first kappa shape index (κ1) is 14.1. The predicted octanol–water partition coefficient (Wildman–Crippen LogP) is 1.49. The zero-order valence-electron chi connectivity index (χ0n) is 11.2. The molecule has 6 heteroatoms. The number of fused-ring (bicyclic) bond motifs is 1. The molecule has 0 saturated heterocycles. The second-order valence-electron chi connectivity index (χ2n) is 4.86. The van der Waals surface area contributed by atoms with E-state index < -0.39 is 7.12 Å². The highest BCUT2D eigenvalue weighted by Gasteiger charge is 2.29. The smallest absolute Gasteiger partial charge is 0.423 e. The van der Waals surface area contributed by atoms with Crippen molar-refractivity contribution in [3.05, 3.63) is 64.2 Å². The summed E-state index contributed by atoms with van der Waals surface area (Å²) in [7, 11) is -0.988. The third kappa shape index (κ3) is 2.95. The highest BCUT2D eigenvalue weighted by Crippen LogP contribution is 2.20. The average Bonchev–Trinajstić information content (AvgIpc) is 2.85. The summed E-state index contributed by atoms with van der Waals surface area (Å²) in [6, 6.07) is 12.9. The van der Waals surface area contributed by atoms with Crippen molar-refractivity contribution in [3.63, 3.8) is 0 Å². The van der Waals surface area contributed by atoms with Crippen LogP contribution in [0.2, 0.25) is 5.02 Å². The zero-order chi connectivity index (χ0) is 14.8. The Hall–Kier alpha value is -1.82. The van der Waals surface area contributed by atoms with E-state index in [0.717, 1.165) is 11.1 Å². The van der Waals surface area contributed by atoms with Crippen molar-refractivity contribution in [2.75, 3.05) is 0 Å². The van der Waals surface area contributed by atoms with E-state index in [4.69, 9.17) is 16.3 Å². The third-order valence-corrected chi connectivity index (χ3v) is 3.74. The minimum atomic E-state index is -0.988. The normalized spacial score (nSPS) is 13.1. The standard InChI is InChI=1S/C15H13BClNO3/c17-14-6-11-9-21-16(20)13(11)7-12(14)15(19)18-8-10-4-2-1-3-5-10/h1-7,20H,8-9H2,(H,18,19). The number of benzene rings is 2. The number of hydrogen-bond donors (Lipinski definition) is 2. The molecule has 0 aliphatic carbocycles. The molecule has 1 aliphatic rings. The fourth-order valence-corrected chi connectivity index (χ4v) is 2.56. The van der Waals surface area contributed by atoms with Crippen molar-refractivity contribution in [1.82, 2.24) is 5.32 Å². The summed E-state index contributed by atoms with van der Waals surface area (Å²) in [5.74, 6) is -0.272. The van der Waals surface area contributed by atoms with Gasteiger partial charge in [0.2, 0.25) is 0 Å². The van der Waals surface area contributed by atoms with Crippen LogP contribution in [-0.4, -0.2) is 18.0 Å². The van der Waals surface area contributed by atoms with E-state index in [0.29, 0.717) is 29.2 Å². The lowest BCUT2D eigenvalue weighted by Gasteiger charge is -2.09. The first-order chi connectivity index (χ1) is 10.1. The van der Waals surface area contributed by atoms with Gasteiger partial charge in [0.05, 0.1) is 17.2 Å². The van der Waals surface area contributed by atoms with Gasteiger partial charge in [-0.15, -0.1) is 0 Å². The third-order valence-electron chi connectivity index (χ3n) is 3.43. The topological polar surface area (TPSA) is 58.6 Å². The van der Waals surface area contributed by atoms with E-state index in [-0.39, 0.29) is 5.91 Å². The summed E-state index contributed by atoms with van der Waals surface area (Å²) >= 11 is 6.13. The number of carbonyl (C=O) groups is 1. The Bertz CT molecular complexity index is 678. The molecular formula is C15H13BClNO3. The van der Waals surface area contributed by atoms with Crippen molar-refractivity contribution in [2.24, 2.45) is 0 Å². The average molecular weight is 302 g/mol. The van der Waals surface area contributed by atoms with E-state index in [1.165, 1.54) is 0 Å². The Morgan fingerprint density at radius 1 is 1.33 bits per heavy atom. The Morgan fingerprint density at radius 2 is 2.10 bits per heavy atom. The summed E-state index contributed by atoms with van der Waals surface area (Å²) in [6.45, 7) is 0.730. The zero-order valence-corrected chi connectivity index (χ0v) is 11.9. The molecule has 0 fully saturated rings. The molecule has 1 heterocycles. The van der Waals surface area contributed by atoms with Crippen LogP contribution in [0.15, 0.2) is 42.5 Å². The lowest BCUT2D eigenvalue weighted by Crippen LogP contribution is -2.30.